The quantitative estimate of drug-likeness (QED) is 0.209. The molecule has 1 spiro atoms. The molecule has 2 fully saturated rings. The van der Waals surface area contributed by atoms with Gasteiger partial charge in [-0.1, -0.05) is 49.7 Å². The van der Waals surface area contributed by atoms with Crippen LogP contribution in [0.25, 0.3) is 0 Å². The summed E-state index contributed by atoms with van der Waals surface area (Å²) in [7, 11) is 0. The van der Waals surface area contributed by atoms with Crippen LogP contribution in [0.4, 0.5) is 5.69 Å². The SMILES string of the molecule is C[C@@H](COc1ccnc2c1[C@H](C)CCC2)C[C@H]1Cc2ccc(CN3CC(O)C3)cc2C12CCC(Nc1cccc(Cl)c1)(C(=O)O)CC2. The number of hydrogen-bond acceptors (Lipinski definition) is 6. The molecule has 47 heavy (non-hydrogen) atoms. The summed E-state index contributed by atoms with van der Waals surface area (Å²) in [5.41, 5.74) is 6.19. The minimum Gasteiger partial charge on any atom is -0.493 e. The first-order chi connectivity index (χ1) is 22.6. The number of pyridine rings is 1. The fraction of sp³-hybridized carbons (Fsp3) is 0.538. The topological polar surface area (TPSA) is 94.9 Å². The fourth-order valence-corrected chi connectivity index (χ4v) is 9.36. The Morgan fingerprint density at radius 3 is 2.70 bits per heavy atom. The highest BCUT2D eigenvalue weighted by atomic mass is 35.5. The van der Waals surface area contributed by atoms with Crippen molar-refractivity contribution in [1.29, 1.82) is 0 Å². The lowest BCUT2D eigenvalue weighted by atomic mass is 9.59. The van der Waals surface area contributed by atoms with Crippen LogP contribution in [-0.2, 0) is 29.6 Å². The number of anilines is 1. The van der Waals surface area contributed by atoms with Gasteiger partial charge in [0.2, 0.25) is 0 Å². The lowest BCUT2D eigenvalue weighted by molar-refractivity contribution is -0.144. The number of hydrogen-bond donors (Lipinski definition) is 3. The van der Waals surface area contributed by atoms with Gasteiger partial charge in [0.25, 0.3) is 0 Å². The zero-order valence-corrected chi connectivity index (χ0v) is 28.4. The van der Waals surface area contributed by atoms with E-state index in [4.69, 9.17) is 16.3 Å². The van der Waals surface area contributed by atoms with Gasteiger partial charge in [0.1, 0.15) is 11.3 Å². The van der Waals surface area contributed by atoms with Crippen molar-refractivity contribution in [2.24, 2.45) is 11.8 Å². The summed E-state index contributed by atoms with van der Waals surface area (Å²) < 4.78 is 6.57. The Hall–Kier alpha value is -3.13. The number of fused-ring (bicyclic) bond motifs is 3. The standard InChI is InChI=1S/C39H48ClN3O4/c1-25(24-47-35-11-16-41-34-8-3-5-26(2)36(34)35)17-29-19-28-10-9-27(21-43-22-32(44)23-43)18-33(28)38(29)12-14-39(15-13-38,37(45)46)42-31-7-4-6-30(40)20-31/h4,6-7,9-11,16,18,20,25-26,29,32,42,44H,3,5,8,12-15,17,19,21-24H2,1-2H3,(H,45,46)/t25-,26-,29+,38?,39?/m1/s1. The van der Waals surface area contributed by atoms with Gasteiger partial charge in [0.05, 0.1) is 12.7 Å². The normalized spacial score (nSPS) is 27.9. The summed E-state index contributed by atoms with van der Waals surface area (Å²) in [6.07, 6.45) is 9.78. The number of halogens is 1. The van der Waals surface area contributed by atoms with Gasteiger partial charge in [0, 0.05) is 47.8 Å². The van der Waals surface area contributed by atoms with Gasteiger partial charge in [-0.05, 0) is 122 Å². The van der Waals surface area contributed by atoms with Crippen LogP contribution in [0.2, 0.25) is 5.02 Å². The number of nitrogens with one attached hydrogen (secondary N) is 1. The van der Waals surface area contributed by atoms with Crippen molar-refractivity contribution < 1.29 is 19.7 Å². The number of benzene rings is 2. The molecule has 3 aliphatic carbocycles. The molecule has 0 radical (unpaired) electrons. The van der Waals surface area contributed by atoms with Crippen LogP contribution >= 0.6 is 11.6 Å². The predicted molar refractivity (Wildman–Crippen MR) is 185 cm³/mol. The molecule has 7 rings (SSSR count). The van der Waals surface area contributed by atoms with E-state index >= 15 is 0 Å². The molecule has 250 valence electrons. The molecular weight excluding hydrogens is 610 g/mol. The van der Waals surface area contributed by atoms with Crippen LogP contribution in [0.1, 0.15) is 92.7 Å². The van der Waals surface area contributed by atoms with Gasteiger partial charge in [-0.3, -0.25) is 9.88 Å². The molecule has 1 aliphatic heterocycles. The lowest BCUT2D eigenvalue weighted by Gasteiger charge is -2.47. The largest absolute Gasteiger partial charge is 0.493 e. The Bertz CT molecular complexity index is 1610. The second kappa shape index (κ2) is 13.1. The maximum atomic E-state index is 12.9. The minimum absolute atomic E-state index is 0.0899. The van der Waals surface area contributed by atoms with Crippen LogP contribution in [0.3, 0.4) is 0 Å². The number of aromatic nitrogens is 1. The number of ether oxygens (including phenoxy) is 1. The van der Waals surface area contributed by atoms with Gasteiger partial charge in [-0.2, -0.15) is 0 Å². The second-order valence-corrected chi connectivity index (χ2v) is 15.5. The molecule has 3 atom stereocenters. The maximum Gasteiger partial charge on any atom is 0.329 e. The van der Waals surface area contributed by atoms with Crippen LogP contribution < -0.4 is 10.1 Å². The number of aryl methyl sites for hydroxylation is 1. The monoisotopic (exact) mass is 657 g/mol. The summed E-state index contributed by atoms with van der Waals surface area (Å²) in [6, 6.07) is 16.4. The summed E-state index contributed by atoms with van der Waals surface area (Å²) >= 11 is 6.27. The van der Waals surface area contributed by atoms with Crippen molar-refractivity contribution in [1.82, 2.24) is 9.88 Å². The van der Waals surface area contributed by atoms with E-state index in [1.807, 2.05) is 36.5 Å². The third-order valence-electron chi connectivity index (χ3n) is 11.7. The highest BCUT2D eigenvalue weighted by Crippen LogP contribution is 2.56. The first-order valence-electron chi connectivity index (χ1n) is 17.5. The summed E-state index contributed by atoms with van der Waals surface area (Å²) in [6.45, 7) is 7.52. The van der Waals surface area contributed by atoms with Gasteiger partial charge < -0.3 is 20.3 Å². The molecule has 0 unspecified atom stereocenters. The van der Waals surface area contributed by atoms with Gasteiger partial charge in [0.15, 0.2) is 0 Å². The number of likely N-dealkylation sites (tertiary alicyclic amines) is 1. The van der Waals surface area contributed by atoms with Gasteiger partial charge >= 0.3 is 5.97 Å². The van der Waals surface area contributed by atoms with E-state index in [1.165, 1.54) is 40.8 Å². The zero-order chi connectivity index (χ0) is 32.8. The van der Waals surface area contributed by atoms with E-state index in [0.717, 1.165) is 63.2 Å². The van der Waals surface area contributed by atoms with Gasteiger partial charge in [-0.15, -0.1) is 0 Å². The Kier molecular flexibility index (Phi) is 9.01. The molecule has 3 aromatic rings. The third kappa shape index (κ3) is 6.39. The van der Waals surface area contributed by atoms with E-state index < -0.39 is 11.5 Å². The number of aliphatic hydroxyl groups is 1. The smallest absolute Gasteiger partial charge is 0.329 e. The summed E-state index contributed by atoms with van der Waals surface area (Å²) in [5.74, 6) is 1.41. The summed E-state index contributed by atoms with van der Waals surface area (Å²) in [5, 5.41) is 24.4. The lowest BCUT2D eigenvalue weighted by Crippen LogP contribution is -2.53. The van der Waals surface area contributed by atoms with E-state index in [2.05, 4.69) is 47.2 Å². The molecule has 1 saturated heterocycles. The highest BCUT2D eigenvalue weighted by molar-refractivity contribution is 6.30. The van der Waals surface area contributed by atoms with E-state index in [1.54, 1.807) is 0 Å². The van der Waals surface area contributed by atoms with Crippen LogP contribution in [0.15, 0.2) is 54.7 Å². The number of carboxylic acids is 1. The average molecular weight is 658 g/mol. The number of aliphatic hydroxyl groups excluding tert-OH is 1. The van der Waals surface area contributed by atoms with Crippen LogP contribution in [0, 0.1) is 11.8 Å². The van der Waals surface area contributed by atoms with Crippen molar-refractivity contribution >= 4 is 23.3 Å². The van der Waals surface area contributed by atoms with Crippen LogP contribution in [0.5, 0.6) is 5.75 Å². The minimum atomic E-state index is -1.04. The second-order valence-electron chi connectivity index (χ2n) is 15.0. The first kappa shape index (κ1) is 32.4. The molecule has 4 aliphatic rings. The number of aliphatic carboxylic acids is 1. The van der Waals surface area contributed by atoms with Crippen molar-refractivity contribution in [3.63, 3.8) is 0 Å². The van der Waals surface area contributed by atoms with Gasteiger partial charge in [-0.25, -0.2) is 4.79 Å². The van der Waals surface area contributed by atoms with E-state index in [0.29, 0.717) is 42.2 Å². The fourth-order valence-electron chi connectivity index (χ4n) is 9.17. The highest BCUT2D eigenvalue weighted by Gasteiger charge is 2.54. The molecule has 8 heteroatoms. The van der Waals surface area contributed by atoms with Crippen LogP contribution in [-0.4, -0.2) is 57.4 Å². The first-order valence-corrected chi connectivity index (χ1v) is 17.9. The molecule has 1 saturated carbocycles. The molecule has 3 N–H and O–H groups in total. The van der Waals surface area contributed by atoms with Crippen molar-refractivity contribution in [2.75, 3.05) is 25.0 Å². The Morgan fingerprint density at radius 2 is 1.96 bits per heavy atom. The molecule has 1 aromatic heterocycles. The summed E-state index contributed by atoms with van der Waals surface area (Å²) in [4.78, 5) is 19.9. The Morgan fingerprint density at radius 1 is 1.15 bits per heavy atom. The van der Waals surface area contributed by atoms with Crippen molar-refractivity contribution in [2.45, 2.75) is 101 Å². The number of β-amino-alcohol motifs (C(OH)–C–C–N with tert-alkyl or cyclic N) is 1. The third-order valence-corrected chi connectivity index (χ3v) is 11.9. The number of nitrogens with zero attached hydrogens (tertiary/aromatic N) is 2. The number of carbonyl (C=O) groups is 1. The van der Waals surface area contributed by atoms with E-state index in [-0.39, 0.29) is 11.5 Å². The number of carboxylic acid groups (broad SMARTS) is 1. The maximum absolute atomic E-state index is 12.9. The Labute approximate surface area is 283 Å². The van der Waals surface area contributed by atoms with Crippen molar-refractivity contribution in [3.8, 4) is 5.75 Å². The van der Waals surface area contributed by atoms with E-state index in [9.17, 15) is 15.0 Å². The molecule has 0 amide bonds. The molecule has 2 heterocycles. The molecule has 7 nitrogen and oxygen atoms in total. The molecule has 0 bridgehead atoms. The molecular formula is C39H48ClN3O4. The molecule has 2 aromatic carbocycles. The predicted octanol–water partition coefficient (Wildman–Crippen LogP) is 7.38. The zero-order valence-electron chi connectivity index (χ0n) is 27.7. The van der Waals surface area contributed by atoms with Crippen molar-refractivity contribution in [3.05, 3.63) is 87.7 Å². The Balaban J connectivity index is 1.12. The number of rotatable bonds is 10. The average Bonchev–Trinajstić information content (AvgIpc) is 3.32.